The minimum absolute atomic E-state index is 0. The van der Waals surface area contributed by atoms with Crippen molar-refractivity contribution in [1.29, 1.82) is 0 Å². The molecule has 2 heterocycles. The van der Waals surface area contributed by atoms with Crippen molar-refractivity contribution in [3.63, 3.8) is 0 Å². The van der Waals surface area contributed by atoms with Crippen LogP contribution < -0.4 is 10.6 Å². The molecule has 0 bridgehead atoms. The van der Waals surface area contributed by atoms with Crippen LogP contribution in [0.5, 0.6) is 0 Å². The topological polar surface area (TPSA) is 91.6 Å². The molecule has 1 aliphatic rings. The molecule has 2 amide bonds. The van der Waals surface area contributed by atoms with Crippen molar-refractivity contribution >= 4 is 41.8 Å². The van der Waals surface area contributed by atoms with Crippen LogP contribution in [-0.4, -0.2) is 58.1 Å². The van der Waals surface area contributed by atoms with Crippen LogP contribution in [0, 0.1) is 13.8 Å². The van der Waals surface area contributed by atoms with Crippen LogP contribution in [0.3, 0.4) is 0 Å². The molecule has 1 unspecified atom stereocenters. The normalized spacial score (nSPS) is 16.0. The van der Waals surface area contributed by atoms with Crippen LogP contribution in [0.2, 0.25) is 0 Å². The van der Waals surface area contributed by atoms with Gasteiger partial charge in [-0.05, 0) is 46.1 Å². The number of aliphatic imine (C=N–C) groups is 1. The summed E-state index contributed by atoms with van der Waals surface area (Å²) in [5, 5.41) is 11.1. The zero-order valence-electron chi connectivity index (χ0n) is 17.5. The number of rotatable bonds is 7. The Balaban J connectivity index is 0.00000392. The highest BCUT2D eigenvalue weighted by molar-refractivity contribution is 14.0. The first-order valence-corrected chi connectivity index (χ1v) is 9.70. The molecule has 1 aromatic rings. The Labute approximate surface area is 184 Å². The Morgan fingerprint density at radius 3 is 2.43 bits per heavy atom. The second kappa shape index (κ2) is 11.4. The summed E-state index contributed by atoms with van der Waals surface area (Å²) < 4.78 is 1.91. The SMILES string of the molecule is CCNC(=NCCN1C(=O)CCCC1=O)NC(C)Cc1c(C)nn(C)c1C.I. The highest BCUT2D eigenvalue weighted by Gasteiger charge is 2.25. The maximum atomic E-state index is 11.9. The van der Waals surface area contributed by atoms with Gasteiger partial charge in [0.2, 0.25) is 11.8 Å². The van der Waals surface area contributed by atoms with Gasteiger partial charge in [-0.15, -0.1) is 24.0 Å². The maximum Gasteiger partial charge on any atom is 0.229 e. The van der Waals surface area contributed by atoms with Gasteiger partial charge in [-0.1, -0.05) is 0 Å². The van der Waals surface area contributed by atoms with Crippen molar-refractivity contribution in [3.05, 3.63) is 17.0 Å². The number of piperidine rings is 1. The van der Waals surface area contributed by atoms with E-state index in [0.29, 0.717) is 38.3 Å². The van der Waals surface area contributed by atoms with E-state index >= 15 is 0 Å². The quantitative estimate of drug-likeness (QED) is 0.255. The van der Waals surface area contributed by atoms with Gasteiger partial charge in [0.15, 0.2) is 5.96 Å². The van der Waals surface area contributed by atoms with Crippen LogP contribution in [0.4, 0.5) is 0 Å². The van der Waals surface area contributed by atoms with Gasteiger partial charge < -0.3 is 10.6 Å². The number of halogens is 1. The lowest BCUT2D eigenvalue weighted by atomic mass is 10.1. The van der Waals surface area contributed by atoms with Crippen molar-refractivity contribution in [3.8, 4) is 0 Å². The first kappa shape index (κ1) is 24.4. The molecule has 8 nitrogen and oxygen atoms in total. The molecular formula is C19H33IN6O2. The summed E-state index contributed by atoms with van der Waals surface area (Å²) in [7, 11) is 1.96. The zero-order chi connectivity index (χ0) is 20.0. The number of nitrogens with one attached hydrogen (secondary N) is 2. The lowest BCUT2D eigenvalue weighted by Gasteiger charge is -2.24. The molecule has 9 heteroatoms. The van der Waals surface area contributed by atoms with Crippen LogP contribution in [-0.2, 0) is 23.1 Å². The van der Waals surface area contributed by atoms with Crippen molar-refractivity contribution in [2.75, 3.05) is 19.6 Å². The molecule has 2 N–H and O–H groups in total. The number of guanidine groups is 1. The minimum atomic E-state index is -0.0877. The molecule has 0 spiro atoms. The fourth-order valence-electron chi connectivity index (χ4n) is 3.33. The Hall–Kier alpha value is -1.65. The molecule has 28 heavy (non-hydrogen) atoms. The lowest BCUT2D eigenvalue weighted by molar-refractivity contribution is -0.147. The number of carbonyl (C=O) groups is 2. The summed E-state index contributed by atoms with van der Waals surface area (Å²) >= 11 is 0. The number of nitrogens with zero attached hydrogens (tertiary/aromatic N) is 4. The largest absolute Gasteiger partial charge is 0.357 e. The van der Waals surface area contributed by atoms with E-state index in [1.54, 1.807) is 0 Å². The standard InChI is InChI=1S/C19H32N6O2.HI/c1-6-20-19(21-10-11-25-17(26)8-7-9-18(25)27)22-13(2)12-16-14(3)23-24(5)15(16)4;/h13H,6-12H2,1-5H3,(H2,20,21,22);1H. The summed E-state index contributed by atoms with van der Waals surface area (Å²) in [6.07, 6.45) is 2.41. The number of aryl methyl sites for hydroxylation is 2. The van der Waals surface area contributed by atoms with Crippen molar-refractivity contribution in [2.45, 2.75) is 59.4 Å². The number of hydrogen-bond donors (Lipinski definition) is 2. The van der Waals surface area contributed by atoms with Crippen molar-refractivity contribution in [1.82, 2.24) is 25.3 Å². The van der Waals surface area contributed by atoms with E-state index in [-0.39, 0.29) is 41.8 Å². The summed E-state index contributed by atoms with van der Waals surface area (Å²) in [6, 6.07) is 0.169. The van der Waals surface area contributed by atoms with Gasteiger partial charge in [0.05, 0.1) is 12.2 Å². The molecule has 0 aromatic carbocycles. The van der Waals surface area contributed by atoms with E-state index in [1.165, 1.54) is 16.2 Å². The number of imide groups is 1. The van der Waals surface area contributed by atoms with E-state index in [0.717, 1.165) is 18.7 Å². The summed E-state index contributed by atoms with van der Waals surface area (Å²) in [5.74, 6) is 0.520. The van der Waals surface area contributed by atoms with E-state index < -0.39 is 0 Å². The highest BCUT2D eigenvalue weighted by Crippen LogP contribution is 2.14. The molecule has 0 radical (unpaired) electrons. The molecule has 0 saturated carbocycles. The predicted molar refractivity (Wildman–Crippen MR) is 121 cm³/mol. The minimum Gasteiger partial charge on any atom is -0.357 e. The fourth-order valence-corrected chi connectivity index (χ4v) is 3.33. The van der Waals surface area contributed by atoms with Gasteiger partial charge in [0.25, 0.3) is 0 Å². The van der Waals surface area contributed by atoms with Crippen LogP contribution in [0.25, 0.3) is 0 Å². The van der Waals surface area contributed by atoms with E-state index in [1.807, 2.05) is 25.6 Å². The molecule has 2 rings (SSSR count). The van der Waals surface area contributed by atoms with Crippen molar-refractivity contribution < 1.29 is 9.59 Å². The molecule has 0 aliphatic carbocycles. The third-order valence-corrected chi connectivity index (χ3v) is 4.87. The van der Waals surface area contributed by atoms with Gasteiger partial charge in [0.1, 0.15) is 0 Å². The summed E-state index contributed by atoms with van der Waals surface area (Å²) in [5.41, 5.74) is 3.47. The monoisotopic (exact) mass is 504 g/mol. The number of hydrogen-bond acceptors (Lipinski definition) is 4. The third kappa shape index (κ3) is 6.46. The Morgan fingerprint density at radius 1 is 1.25 bits per heavy atom. The molecule has 1 aliphatic heterocycles. The Bertz CT molecular complexity index is 700. The molecular weight excluding hydrogens is 471 g/mol. The maximum absolute atomic E-state index is 11.9. The van der Waals surface area contributed by atoms with E-state index in [4.69, 9.17) is 0 Å². The van der Waals surface area contributed by atoms with Crippen LogP contribution in [0.1, 0.15) is 50.1 Å². The highest BCUT2D eigenvalue weighted by atomic mass is 127. The molecule has 1 aromatic heterocycles. The summed E-state index contributed by atoms with van der Waals surface area (Å²) in [6.45, 7) is 9.69. The van der Waals surface area contributed by atoms with Crippen LogP contribution in [0.15, 0.2) is 4.99 Å². The lowest BCUT2D eigenvalue weighted by Crippen LogP contribution is -2.44. The number of aromatic nitrogens is 2. The Kier molecular flexibility index (Phi) is 9.91. The number of carbonyl (C=O) groups excluding carboxylic acids is 2. The summed E-state index contributed by atoms with van der Waals surface area (Å²) in [4.78, 5) is 29.6. The first-order valence-electron chi connectivity index (χ1n) is 9.70. The van der Waals surface area contributed by atoms with E-state index in [9.17, 15) is 9.59 Å². The predicted octanol–water partition coefficient (Wildman–Crippen LogP) is 1.68. The molecule has 1 atom stereocenters. The van der Waals surface area contributed by atoms with Gasteiger partial charge in [-0.3, -0.25) is 24.2 Å². The molecule has 1 saturated heterocycles. The second-order valence-electron chi connectivity index (χ2n) is 7.08. The first-order chi connectivity index (χ1) is 12.8. The van der Waals surface area contributed by atoms with Crippen molar-refractivity contribution in [2.24, 2.45) is 12.0 Å². The Morgan fingerprint density at radius 2 is 1.89 bits per heavy atom. The molecule has 1 fully saturated rings. The fraction of sp³-hybridized carbons (Fsp3) is 0.684. The van der Waals surface area contributed by atoms with Gasteiger partial charge in [-0.2, -0.15) is 5.10 Å². The molecule has 158 valence electrons. The average Bonchev–Trinajstić information content (AvgIpc) is 2.84. The van der Waals surface area contributed by atoms with Gasteiger partial charge in [0, 0.05) is 44.7 Å². The second-order valence-corrected chi connectivity index (χ2v) is 7.08. The van der Waals surface area contributed by atoms with Gasteiger partial charge >= 0.3 is 0 Å². The van der Waals surface area contributed by atoms with E-state index in [2.05, 4.69) is 34.6 Å². The number of likely N-dealkylation sites (tertiary alicyclic amines) is 1. The average molecular weight is 504 g/mol. The van der Waals surface area contributed by atoms with Gasteiger partial charge in [-0.25, -0.2) is 0 Å². The van der Waals surface area contributed by atoms with Crippen LogP contribution >= 0.6 is 24.0 Å². The zero-order valence-corrected chi connectivity index (χ0v) is 19.9. The third-order valence-electron chi connectivity index (χ3n) is 4.87. The smallest absolute Gasteiger partial charge is 0.229 e. The number of amides is 2.